The predicted molar refractivity (Wildman–Crippen MR) is 92.0 cm³/mol. The standard InChI is InChI=1S/C19H17NO4/c1-11-5-4-6-13-15(19(21)22)10-16(20-18(11)13)14-8-7-12(23-2)9-17(14)24-3/h4-10H,1-3H3,(H,21,22). The molecule has 1 aromatic heterocycles. The van der Waals surface area contributed by atoms with E-state index in [4.69, 9.17) is 9.47 Å². The third kappa shape index (κ3) is 2.65. The highest BCUT2D eigenvalue weighted by molar-refractivity contribution is 6.04. The Labute approximate surface area is 139 Å². The first-order valence-electron chi connectivity index (χ1n) is 7.41. The quantitative estimate of drug-likeness (QED) is 0.788. The van der Waals surface area contributed by atoms with E-state index in [9.17, 15) is 9.90 Å². The fourth-order valence-electron chi connectivity index (χ4n) is 2.72. The van der Waals surface area contributed by atoms with Crippen molar-refractivity contribution >= 4 is 16.9 Å². The SMILES string of the molecule is COc1ccc(-c2cc(C(=O)O)c3cccc(C)c3n2)c(OC)c1. The van der Waals surface area contributed by atoms with Gasteiger partial charge in [-0.05, 0) is 30.7 Å². The minimum Gasteiger partial charge on any atom is -0.497 e. The number of carboxylic acid groups (broad SMARTS) is 1. The number of aryl methyl sites for hydroxylation is 1. The van der Waals surface area contributed by atoms with E-state index in [0.29, 0.717) is 33.7 Å². The van der Waals surface area contributed by atoms with Crippen LogP contribution in [0.2, 0.25) is 0 Å². The molecule has 1 heterocycles. The van der Waals surface area contributed by atoms with Gasteiger partial charge in [-0.1, -0.05) is 18.2 Å². The molecule has 0 aliphatic rings. The van der Waals surface area contributed by atoms with Gasteiger partial charge in [0, 0.05) is 17.0 Å². The van der Waals surface area contributed by atoms with E-state index >= 15 is 0 Å². The molecule has 0 atom stereocenters. The number of fused-ring (bicyclic) bond motifs is 1. The zero-order chi connectivity index (χ0) is 17.3. The van der Waals surface area contributed by atoms with Crippen LogP contribution in [0.15, 0.2) is 42.5 Å². The normalized spacial score (nSPS) is 10.6. The van der Waals surface area contributed by atoms with Crippen molar-refractivity contribution in [2.75, 3.05) is 14.2 Å². The average Bonchev–Trinajstić information content (AvgIpc) is 2.60. The van der Waals surface area contributed by atoms with E-state index in [0.717, 1.165) is 5.56 Å². The summed E-state index contributed by atoms with van der Waals surface area (Å²) >= 11 is 0. The van der Waals surface area contributed by atoms with Crippen LogP contribution in [-0.4, -0.2) is 30.3 Å². The molecule has 0 radical (unpaired) electrons. The van der Waals surface area contributed by atoms with Gasteiger partial charge < -0.3 is 14.6 Å². The second kappa shape index (κ2) is 6.20. The highest BCUT2D eigenvalue weighted by atomic mass is 16.5. The number of hydrogen-bond donors (Lipinski definition) is 1. The van der Waals surface area contributed by atoms with Crippen molar-refractivity contribution in [3.05, 3.63) is 53.6 Å². The number of carboxylic acids is 1. The number of aromatic carboxylic acids is 1. The molecule has 3 aromatic rings. The lowest BCUT2D eigenvalue weighted by atomic mass is 10.0. The molecule has 122 valence electrons. The Morgan fingerprint density at radius 3 is 2.54 bits per heavy atom. The third-order valence-corrected chi connectivity index (χ3v) is 3.96. The van der Waals surface area contributed by atoms with Crippen molar-refractivity contribution in [2.24, 2.45) is 0 Å². The summed E-state index contributed by atoms with van der Waals surface area (Å²) in [6.07, 6.45) is 0. The Hall–Kier alpha value is -3.08. The van der Waals surface area contributed by atoms with Gasteiger partial charge in [-0.2, -0.15) is 0 Å². The van der Waals surface area contributed by atoms with Gasteiger partial charge in [0.2, 0.25) is 0 Å². The zero-order valence-electron chi connectivity index (χ0n) is 13.7. The van der Waals surface area contributed by atoms with Gasteiger partial charge >= 0.3 is 5.97 Å². The number of para-hydroxylation sites is 1. The van der Waals surface area contributed by atoms with E-state index in [-0.39, 0.29) is 5.56 Å². The summed E-state index contributed by atoms with van der Waals surface area (Å²) in [5, 5.41) is 10.2. The number of aromatic nitrogens is 1. The number of carbonyl (C=O) groups is 1. The second-order valence-corrected chi connectivity index (χ2v) is 5.40. The van der Waals surface area contributed by atoms with Crippen LogP contribution >= 0.6 is 0 Å². The number of rotatable bonds is 4. The molecule has 24 heavy (non-hydrogen) atoms. The minimum atomic E-state index is -0.985. The molecule has 3 rings (SSSR count). The van der Waals surface area contributed by atoms with Crippen molar-refractivity contribution in [2.45, 2.75) is 6.92 Å². The van der Waals surface area contributed by atoms with Gasteiger partial charge in [0.15, 0.2) is 0 Å². The molecule has 0 saturated carbocycles. The van der Waals surface area contributed by atoms with Crippen LogP contribution in [0.25, 0.3) is 22.2 Å². The van der Waals surface area contributed by atoms with Crippen LogP contribution < -0.4 is 9.47 Å². The molecule has 0 fully saturated rings. The van der Waals surface area contributed by atoms with Crippen LogP contribution in [0.4, 0.5) is 0 Å². The second-order valence-electron chi connectivity index (χ2n) is 5.40. The summed E-state index contributed by atoms with van der Waals surface area (Å²) in [6.45, 7) is 1.91. The number of benzene rings is 2. The van der Waals surface area contributed by atoms with Crippen LogP contribution in [0.3, 0.4) is 0 Å². The number of nitrogens with zero attached hydrogens (tertiary/aromatic N) is 1. The van der Waals surface area contributed by atoms with Crippen LogP contribution in [0, 0.1) is 6.92 Å². The predicted octanol–water partition coefficient (Wildman–Crippen LogP) is 3.93. The van der Waals surface area contributed by atoms with Gasteiger partial charge in [-0.25, -0.2) is 9.78 Å². The number of ether oxygens (including phenoxy) is 2. The maximum Gasteiger partial charge on any atom is 0.336 e. The summed E-state index contributed by atoms with van der Waals surface area (Å²) in [5.74, 6) is 0.249. The monoisotopic (exact) mass is 323 g/mol. The maximum absolute atomic E-state index is 11.7. The molecule has 5 nitrogen and oxygen atoms in total. The van der Waals surface area contributed by atoms with Crippen molar-refractivity contribution in [1.82, 2.24) is 4.98 Å². The van der Waals surface area contributed by atoms with E-state index in [1.807, 2.05) is 25.1 Å². The molecular formula is C19H17NO4. The summed E-state index contributed by atoms with van der Waals surface area (Å²) in [5.41, 5.74) is 3.07. The molecular weight excluding hydrogens is 306 g/mol. The van der Waals surface area contributed by atoms with Crippen LogP contribution in [0.1, 0.15) is 15.9 Å². The molecule has 0 spiro atoms. The molecule has 5 heteroatoms. The molecule has 0 amide bonds. The first-order chi connectivity index (χ1) is 11.5. The summed E-state index contributed by atoms with van der Waals surface area (Å²) in [6, 6.07) is 12.5. The summed E-state index contributed by atoms with van der Waals surface area (Å²) in [4.78, 5) is 16.4. The van der Waals surface area contributed by atoms with Crippen molar-refractivity contribution in [3.8, 4) is 22.8 Å². The van der Waals surface area contributed by atoms with Crippen molar-refractivity contribution < 1.29 is 19.4 Å². The summed E-state index contributed by atoms with van der Waals surface area (Å²) < 4.78 is 10.6. The number of hydrogen-bond acceptors (Lipinski definition) is 4. The highest BCUT2D eigenvalue weighted by Gasteiger charge is 2.16. The first kappa shape index (κ1) is 15.8. The van der Waals surface area contributed by atoms with Crippen LogP contribution in [-0.2, 0) is 0 Å². The van der Waals surface area contributed by atoms with Crippen molar-refractivity contribution in [1.29, 1.82) is 0 Å². The lowest BCUT2D eigenvalue weighted by molar-refractivity contribution is 0.0699. The lowest BCUT2D eigenvalue weighted by Crippen LogP contribution is -2.02. The molecule has 1 N–H and O–H groups in total. The minimum absolute atomic E-state index is 0.219. The molecule has 0 bridgehead atoms. The Bertz CT molecular complexity index is 934. The molecule has 0 saturated heterocycles. The Morgan fingerprint density at radius 2 is 1.88 bits per heavy atom. The fraction of sp³-hybridized carbons (Fsp3) is 0.158. The fourth-order valence-corrected chi connectivity index (χ4v) is 2.72. The van der Waals surface area contributed by atoms with E-state index in [2.05, 4.69) is 4.98 Å². The third-order valence-electron chi connectivity index (χ3n) is 3.96. The van der Waals surface area contributed by atoms with E-state index in [1.165, 1.54) is 0 Å². The molecule has 2 aromatic carbocycles. The zero-order valence-corrected chi connectivity index (χ0v) is 13.7. The maximum atomic E-state index is 11.7. The van der Waals surface area contributed by atoms with E-state index < -0.39 is 5.97 Å². The largest absolute Gasteiger partial charge is 0.497 e. The van der Waals surface area contributed by atoms with Crippen molar-refractivity contribution in [3.63, 3.8) is 0 Å². The van der Waals surface area contributed by atoms with Gasteiger partial charge in [-0.3, -0.25) is 0 Å². The topological polar surface area (TPSA) is 68.7 Å². The average molecular weight is 323 g/mol. The highest BCUT2D eigenvalue weighted by Crippen LogP contribution is 2.34. The number of methoxy groups -OCH3 is 2. The Kier molecular flexibility index (Phi) is 4.08. The number of pyridine rings is 1. The van der Waals surface area contributed by atoms with Gasteiger partial charge in [0.25, 0.3) is 0 Å². The molecule has 0 aliphatic heterocycles. The Balaban J connectivity index is 2.31. The first-order valence-corrected chi connectivity index (χ1v) is 7.41. The lowest BCUT2D eigenvalue weighted by Gasteiger charge is -2.12. The van der Waals surface area contributed by atoms with Gasteiger partial charge in [0.1, 0.15) is 11.5 Å². The van der Waals surface area contributed by atoms with E-state index in [1.54, 1.807) is 38.5 Å². The van der Waals surface area contributed by atoms with Gasteiger partial charge in [0.05, 0.1) is 31.0 Å². The van der Waals surface area contributed by atoms with Gasteiger partial charge in [-0.15, -0.1) is 0 Å². The Morgan fingerprint density at radius 1 is 1.08 bits per heavy atom. The van der Waals surface area contributed by atoms with Crippen LogP contribution in [0.5, 0.6) is 11.5 Å². The molecule has 0 unspecified atom stereocenters. The molecule has 0 aliphatic carbocycles. The summed E-state index contributed by atoms with van der Waals surface area (Å²) in [7, 11) is 3.14. The smallest absolute Gasteiger partial charge is 0.336 e.